The molecule has 2 amide bonds. The van der Waals surface area contributed by atoms with Gasteiger partial charge in [0.1, 0.15) is 0 Å². The molecule has 4 aliphatic rings. The van der Waals surface area contributed by atoms with Gasteiger partial charge in [0.2, 0.25) is 11.8 Å². The maximum atomic E-state index is 13.9. The van der Waals surface area contributed by atoms with Crippen LogP contribution in [0.3, 0.4) is 0 Å². The van der Waals surface area contributed by atoms with Gasteiger partial charge in [0.05, 0.1) is 17.5 Å². The highest BCUT2D eigenvalue weighted by molar-refractivity contribution is 6.23. The summed E-state index contributed by atoms with van der Waals surface area (Å²) in [7, 11) is 0. The SMILES string of the molecule is Cc1cc(C)cc(N2C(=O)[C@@H]3C4c5ccccc5C(C)(c5ccccc54)[C@H]3C2=O)c1. The molecule has 3 heteroatoms. The molecule has 0 N–H and O–H groups in total. The topological polar surface area (TPSA) is 37.4 Å². The fourth-order valence-corrected chi connectivity index (χ4v) is 6.49. The molecular weight excluding hydrogens is 370 g/mol. The summed E-state index contributed by atoms with van der Waals surface area (Å²) < 4.78 is 0. The van der Waals surface area contributed by atoms with E-state index in [1.54, 1.807) is 0 Å². The van der Waals surface area contributed by atoms with Gasteiger partial charge in [-0.2, -0.15) is 0 Å². The van der Waals surface area contributed by atoms with Crippen LogP contribution in [0.15, 0.2) is 66.7 Å². The Hall–Kier alpha value is -3.20. The maximum absolute atomic E-state index is 13.9. The number of rotatable bonds is 1. The molecule has 148 valence electrons. The molecule has 2 atom stereocenters. The summed E-state index contributed by atoms with van der Waals surface area (Å²) in [6.07, 6.45) is 0. The zero-order valence-corrected chi connectivity index (χ0v) is 17.3. The van der Waals surface area contributed by atoms with Crippen LogP contribution in [-0.4, -0.2) is 11.8 Å². The van der Waals surface area contributed by atoms with Crippen LogP contribution in [0.5, 0.6) is 0 Å². The Morgan fingerprint density at radius 3 is 1.87 bits per heavy atom. The monoisotopic (exact) mass is 393 g/mol. The first kappa shape index (κ1) is 17.6. The molecule has 3 nitrogen and oxygen atoms in total. The van der Waals surface area contributed by atoms with Crippen molar-refractivity contribution in [3.63, 3.8) is 0 Å². The number of carbonyl (C=O) groups excluding carboxylic acids is 2. The summed E-state index contributed by atoms with van der Waals surface area (Å²) in [5.74, 6) is -0.924. The zero-order valence-electron chi connectivity index (χ0n) is 17.3. The minimum Gasteiger partial charge on any atom is -0.274 e. The Kier molecular flexibility index (Phi) is 3.35. The van der Waals surface area contributed by atoms with Crippen LogP contribution < -0.4 is 4.90 Å². The van der Waals surface area contributed by atoms with Gasteiger partial charge >= 0.3 is 0 Å². The Balaban J connectivity index is 1.62. The standard InChI is InChI=1S/C27H23NO2/c1-15-12-16(2)14-17(13-15)28-25(29)23-22-18-8-4-6-10-20(18)27(3,24(23)26(28)30)21-11-7-5-9-19(21)22/h4-14,22-24H,1-3H3/t22?,23-,24-,27?/m1/s1. The first-order valence-electron chi connectivity index (χ1n) is 10.6. The van der Waals surface area contributed by atoms with E-state index in [1.165, 1.54) is 27.2 Å². The van der Waals surface area contributed by atoms with Crippen molar-refractivity contribution in [2.75, 3.05) is 4.90 Å². The van der Waals surface area contributed by atoms with E-state index in [0.29, 0.717) is 5.69 Å². The van der Waals surface area contributed by atoms with Crippen molar-refractivity contribution in [3.8, 4) is 0 Å². The summed E-state index contributed by atoms with van der Waals surface area (Å²) in [4.78, 5) is 29.2. The van der Waals surface area contributed by atoms with Gasteiger partial charge in [0.25, 0.3) is 0 Å². The lowest BCUT2D eigenvalue weighted by Crippen LogP contribution is -2.51. The van der Waals surface area contributed by atoms with Crippen LogP contribution in [0.25, 0.3) is 0 Å². The van der Waals surface area contributed by atoms with E-state index in [0.717, 1.165) is 11.1 Å². The van der Waals surface area contributed by atoms with E-state index in [1.807, 2.05) is 50.2 Å². The molecule has 0 saturated carbocycles. The van der Waals surface area contributed by atoms with Crippen LogP contribution >= 0.6 is 0 Å². The number of hydrogen-bond acceptors (Lipinski definition) is 2. The van der Waals surface area contributed by atoms with Crippen molar-refractivity contribution < 1.29 is 9.59 Å². The second kappa shape index (κ2) is 5.69. The van der Waals surface area contributed by atoms with Gasteiger partial charge in [-0.3, -0.25) is 9.59 Å². The van der Waals surface area contributed by atoms with Gasteiger partial charge in [0, 0.05) is 11.3 Å². The van der Waals surface area contributed by atoms with Gasteiger partial charge < -0.3 is 0 Å². The van der Waals surface area contributed by atoms with Crippen molar-refractivity contribution in [1.29, 1.82) is 0 Å². The lowest BCUT2D eigenvalue weighted by Gasteiger charge is -2.52. The van der Waals surface area contributed by atoms with Crippen LogP contribution in [0.1, 0.15) is 46.2 Å². The molecule has 0 aromatic heterocycles. The van der Waals surface area contributed by atoms with Crippen LogP contribution in [0.2, 0.25) is 0 Å². The van der Waals surface area contributed by atoms with E-state index < -0.39 is 5.41 Å². The third kappa shape index (κ3) is 1.95. The van der Waals surface area contributed by atoms with Crippen molar-refractivity contribution >= 4 is 17.5 Å². The molecule has 7 rings (SSSR count). The van der Waals surface area contributed by atoms with Crippen molar-refractivity contribution in [1.82, 2.24) is 0 Å². The van der Waals surface area contributed by atoms with Gasteiger partial charge in [-0.15, -0.1) is 0 Å². The molecular formula is C27H23NO2. The Morgan fingerprint density at radius 2 is 1.30 bits per heavy atom. The smallest absolute Gasteiger partial charge is 0.238 e. The average Bonchev–Trinajstić information content (AvgIpc) is 2.99. The molecule has 3 aliphatic carbocycles. The first-order chi connectivity index (χ1) is 14.4. The number of carbonyl (C=O) groups is 2. The maximum Gasteiger partial charge on any atom is 0.238 e. The number of amides is 2. The highest BCUT2D eigenvalue weighted by atomic mass is 16.2. The van der Waals surface area contributed by atoms with E-state index in [-0.39, 0.29) is 29.6 Å². The van der Waals surface area contributed by atoms with Crippen LogP contribution in [-0.2, 0) is 15.0 Å². The Bertz CT molecular complexity index is 1190. The summed E-state index contributed by atoms with van der Waals surface area (Å²) in [6.45, 7) is 6.17. The third-order valence-corrected chi connectivity index (χ3v) is 7.51. The summed E-state index contributed by atoms with van der Waals surface area (Å²) >= 11 is 0. The third-order valence-electron chi connectivity index (χ3n) is 7.51. The molecule has 1 heterocycles. The van der Waals surface area contributed by atoms with E-state index >= 15 is 0 Å². The summed E-state index contributed by atoms with van der Waals surface area (Å²) in [5.41, 5.74) is 7.09. The van der Waals surface area contributed by atoms with Gasteiger partial charge in [-0.1, -0.05) is 61.5 Å². The number of anilines is 1. The molecule has 0 spiro atoms. The first-order valence-corrected chi connectivity index (χ1v) is 10.6. The van der Waals surface area contributed by atoms with E-state index in [2.05, 4.69) is 37.3 Å². The second-order valence-electron chi connectivity index (χ2n) is 9.22. The number of imide groups is 1. The predicted molar refractivity (Wildman–Crippen MR) is 117 cm³/mol. The molecule has 1 fully saturated rings. The number of benzene rings is 3. The normalized spacial score (nSPS) is 28.4. The fourth-order valence-electron chi connectivity index (χ4n) is 6.49. The van der Waals surface area contributed by atoms with Gasteiger partial charge in [-0.25, -0.2) is 4.90 Å². The number of nitrogens with zero attached hydrogens (tertiary/aromatic N) is 1. The molecule has 1 aliphatic heterocycles. The predicted octanol–water partition coefficient (Wildman–Crippen LogP) is 4.87. The molecule has 3 aromatic carbocycles. The van der Waals surface area contributed by atoms with E-state index in [9.17, 15) is 9.59 Å². The lowest BCUT2D eigenvalue weighted by molar-refractivity contribution is -0.123. The quantitative estimate of drug-likeness (QED) is 0.553. The summed E-state index contributed by atoms with van der Waals surface area (Å²) in [6, 6.07) is 22.7. The minimum atomic E-state index is -0.507. The number of aryl methyl sites for hydroxylation is 2. The average molecular weight is 393 g/mol. The molecule has 1 saturated heterocycles. The van der Waals surface area contributed by atoms with Crippen molar-refractivity contribution in [2.24, 2.45) is 11.8 Å². The highest BCUT2D eigenvalue weighted by Crippen LogP contribution is 2.64. The lowest BCUT2D eigenvalue weighted by atomic mass is 9.48. The van der Waals surface area contributed by atoms with Gasteiger partial charge in [-0.05, 0) is 59.4 Å². The second-order valence-corrected chi connectivity index (χ2v) is 9.22. The largest absolute Gasteiger partial charge is 0.274 e. The Labute approximate surface area is 176 Å². The van der Waals surface area contributed by atoms with Crippen molar-refractivity contribution in [3.05, 3.63) is 100 Å². The fraction of sp³-hybridized carbons (Fsp3) is 0.259. The molecule has 0 unspecified atom stereocenters. The number of hydrogen-bond donors (Lipinski definition) is 0. The molecule has 3 aromatic rings. The van der Waals surface area contributed by atoms with Crippen LogP contribution in [0.4, 0.5) is 5.69 Å². The minimum absolute atomic E-state index is 0.0600. The molecule has 0 radical (unpaired) electrons. The Morgan fingerprint density at radius 1 is 0.767 bits per heavy atom. The zero-order chi connectivity index (χ0) is 20.8. The molecule has 30 heavy (non-hydrogen) atoms. The van der Waals surface area contributed by atoms with E-state index in [4.69, 9.17) is 0 Å². The summed E-state index contributed by atoms with van der Waals surface area (Å²) in [5, 5.41) is 0. The van der Waals surface area contributed by atoms with Crippen molar-refractivity contribution in [2.45, 2.75) is 32.1 Å². The molecule has 2 bridgehead atoms. The highest BCUT2D eigenvalue weighted by Gasteiger charge is 2.66. The van der Waals surface area contributed by atoms with Gasteiger partial charge in [0.15, 0.2) is 0 Å². The van der Waals surface area contributed by atoms with Crippen LogP contribution in [0, 0.1) is 25.7 Å².